The first-order chi connectivity index (χ1) is 19.8. The predicted molar refractivity (Wildman–Crippen MR) is 173 cm³/mol. The molecular weight excluding hydrogens is 559 g/mol. The summed E-state index contributed by atoms with van der Waals surface area (Å²) in [4.78, 5) is 22.6. The van der Waals surface area contributed by atoms with Crippen LogP contribution in [0.3, 0.4) is 0 Å². The van der Waals surface area contributed by atoms with E-state index in [4.69, 9.17) is 21.3 Å². The van der Waals surface area contributed by atoms with E-state index in [0.717, 1.165) is 24.2 Å². The van der Waals surface area contributed by atoms with Crippen LogP contribution in [-0.2, 0) is 11.3 Å². The molecule has 0 bridgehead atoms. The van der Waals surface area contributed by atoms with Gasteiger partial charge in [0.15, 0.2) is 16.7 Å². The summed E-state index contributed by atoms with van der Waals surface area (Å²) >= 11 is 7.54. The summed E-state index contributed by atoms with van der Waals surface area (Å²) in [6.45, 7) is 6.43. The lowest BCUT2D eigenvalue weighted by molar-refractivity contribution is -0.108. The van der Waals surface area contributed by atoms with E-state index in [1.165, 1.54) is 69.2 Å². The van der Waals surface area contributed by atoms with Crippen LogP contribution in [0.15, 0.2) is 52.4 Å². The number of aliphatic imine (C=N–C) groups is 2. The van der Waals surface area contributed by atoms with Crippen LogP contribution in [0.2, 0.25) is 5.02 Å². The van der Waals surface area contributed by atoms with Gasteiger partial charge in [-0.25, -0.2) is 9.38 Å². The molecule has 0 aliphatic carbocycles. The lowest BCUT2D eigenvalue weighted by atomic mass is 10.1. The van der Waals surface area contributed by atoms with Crippen LogP contribution in [0.5, 0.6) is 5.75 Å². The third-order valence-electron chi connectivity index (χ3n) is 6.30. The maximum Gasteiger partial charge on any atom is 0.228 e. The van der Waals surface area contributed by atoms with Crippen molar-refractivity contribution in [1.29, 1.82) is 0 Å². The summed E-state index contributed by atoms with van der Waals surface area (Å²) in [6.07, 6.45) is 13.1. The molecular formula is C32H46ClFN4O2S. The van der Waals surface area contributed by atoms with Gasteiger partial charge < -0.3 is 15.0 Å². The zero-order valence-corrected chi connectivity index (χ0v) is 26.6. The van der Waals surface area contributed by atoms with Gasteiger partial charge in [-0.05, 0) is 50.1 Å². The second-order valence-corrected chi connectivity index (χ2v) is 11.9. The fourth-order valence-corrected chi connectivity index (χ4v) is 5.11. The molecule has 0 heterocycles. The van der Waals surface area contributed by atoms with Crippen molar-refractivity contribution in [3.8, 4) is 5.75 Å². The summed E-state index contributed by atoms with van der Waals surface area (Å²) in [6, 6.07) is 12.1. The Morgan fingerprint density at radius 1 is 1.02 bits per heavy atom. The molecule has 2 aromatic rings. The molecule has 0 spiro atoms. The van der Waals surface area contributed by atoms with Gasteiger partial charge in [-0.1, -0.05) is 100 Å². The average Bonchev–Trinajstić information content (AvgIpc) is 2.93. The highest BCUT2D eigenvalue weighted by Gasteiger charge is 2.12. The number of amidine groups is 1. The molecule has 0 aliphatic rings. The highest BCUT2D eigenvalue weighted by molar-refractivity contribution is 8.13. The molecule has 41 heavy (non-hydrogen) atoms. The van der Waals surface area contributed by atoms with E-state index < -0.39 is 5.82 Å². The Kier molecular flexibility index (Phi) is 17.2. The Balaban J connectivity index is 2.09. The van der Waals surface area contributed by atoms with Gasteiger partial charge >= 0.3 is 0 Å². The maximum absolute atomic E-state index is 14.7. The third-order valence-corrected chi connectivity index (χ3v) is 7.53. The minimum Gasteiger partial charge on any atom is -0.488 e. The van der Waals surface area contributed by atoms with Crippen molar-refractivity contribution < 1.29 is 13.9 Å². The number of thioether (sulfide) groups is 1. The topological polar surface area (TPSA) is 66.3 Å². The summed E-state index contributed by atoms with van der Waals surface area (Å²) in [7, 11) is 1.86. The van der Waals surface area contributed by atoms with Crippen molar-refractivity contribution >= 4 is 46.6 Å². The molecule has 2 rings (SSSR count). The molecule has 0 radical (unpaired) electrons. The Bertz CT molecular complexity index is 1100. The number of hydrogen-bond donors (Lipinski definition) is 1. The smallest absolute Gasteiger partial charge is 0.228 e. The monoisotopic (exact) mass is 604 g/mol. The van der Waals surface area contributed by atoms with E-state index in [0.29, 0.717) is 34.8 Å². The van der Waals surface area contributed by atoms with Gasteiger partial charge in [0, 0.05) is 30.4 Å². The minimum atomic E-state index is -0.495. The molecule has 0 atom stereocenters. The first-order valence-corrected chi connectivity index (χ1v) is 16.1. The molecule has 0 aliphatic heterocycles. The van der Waals surface area contributed by atoms with Gasteiger partial charge in [0.25, 0.3) is 0 Å². The van der Waals surface area contributed by atoms with E-state index in [1.54, 1.807) is 12.1 Å². The number of unbranched alkanes of at least 4 members (excludes halogenated alkanes) is 9. The zero-order valence-electron chi connectivity index (χ0n) is 25.0. The van der Waals surface area contributed by atoms with Crippen LogP contribution in [0, 0.1) is 5.82 Å². The van der Waals surface area contributed by atoms with E-state index in [2.05, 4.69) is 17.2 Å². The Morgan fingerprint density at radius 2 is 1.66 bits per heavy atom. The lowest BCUT2D eigenvalue weighted by Gasteiger charge is -2.19. The molecule has 2 aromatic carbocycles. The molecule has 9 heteroatoms. The number of halogens is 2. The summed E-state index contributed by atoms with van der Waals surface area (Å²) in [5.74, 6) is 0.858. The van der Waals surface area contributed by atoms with Gasteiger partial charge in [0.1, 0.15) is 0 Å². The average molecular weight is 605 g/mol. The standard InChI is InChI=1S/C32H46ClFN4O2S/c1-5-6-7-8-9-10-11-12-13-14-21-41-32(35-24-39)37-31(38(4)23-26-15-17-27(33)18-16-26)36-28-19-20-30(29(34)22-28)40-25(2)3/h15-20,22,24-25H,5-14,21,23H2,1-4H3,(H,35,36,37,39). The number of carbonyl (C=O) groups excluding carboxylic acids is 1. The van der Waals surface area contributed by atoms with Gasteiger partial charge in [0.2, 0.25) is 12.4 Å². The molecule has 226 valence electrons. The van der Waals surface area contributed by atoms with Gasteiger partial charge in [-0.2, -0.15) is 4.99 Å². The van der Waals surface area contributed by atoms with Crippen molar-refractivity contribution in [1.82, 2.24) is 10.2 Å². The predicted octanol–water partition coefficient (Wildman–Crippen LogP) is 9.14. The largest absolute Gasteiger partial charge is 0.488 e. The number of ether oxygens (including phenoxy) is 1. The van der Waals surface area contributed by atoms with Crippen LogP contribution in [-0.4, -0.2) is 41.3 Å². The first-order valence-electron chi connectivity index (χ1n) is 14.7. The van der Waals surface area contributed by atoms with Crippen molar-refractivity contribution in [2.24, 2.45) is 9.98 Å². The second-order valence-electron chi connectivity index (χ2n) is 10.4. The molecule has 0 saturated heterocycles. The van der Waals surface area contributed by atoms with E-state index in [-0.39, 0.29) is 11.9 Å². The number of hydrogen-bond acceptors (Lipinski definition) is 4. The fraction of sp³-hybridized carbons (Fsp3) is 0.531. The van der Waals surface area contributed by atoms with E-state index >= 15 is 0 Å². The van der Waals surface area contributed by atoms with Crippen LogP contribution in [0.1, 0.15) is 90.5 Å². The molecule has 1 N–H and O–H groups in total. The molecule has 0 saturated carbocycles. The van der Waals surface area contributed by atoms with Crippen LogP contribution < -0.4 is 10.1 Å². The molecule has 1 amide bonds. The van der Waals surface area contributed by atoms with E-state index in [1.807, 2.05) is 50.1 Å². The number of nitrogens with zero attached hydrogens (tertiary/aromatic N) is 3. The van der Waals surface area contributed by atoms with Crippen LogP contribution in [0.25, 0.3) is 0 Å². The number of nitrogens with one attached hydrogen (secondary N) is 1. The normalized spacial score (nSPS) is 12.1. The molecule has 0 fully saturated rings. The van der Waals surface area contributed by atoms with Crippen LogP contribution in [0.4, 0.5) is 10.1 Å². The Labute approximate surface area is 255 Å². The summed E-state index contributed by atoms with van der Waals surface area (Å²) in [5.41, 5.74) is 1.40. The third kappa shape index (κ3) is 14.7. The fourth-order valence-electron chi connectivity index (χ4n) is 4.16. The van der Waals surface area contributed by atoms with Crippen molar-refractivity contribution in [3.63, 3.8) is 0 Å². The second kappa shape index (κ2) is 20.3. The maximum atomic E-state index is 14.7. The highest BCUT2D eigenvalue weighted by atomic mass is 35.5. The Hall–Kier alpha value is -2.58. The van der Waals surface area contributed by atoms with Gasteiger partial charge in [-0.15, -0.1) is 0 Å². The zero-order chi connectivity index (χ0) is 29.9. The number of guanidine groups is 1. The minimum absolute atomic E-state index is 0.144. The van der Waals surface area contributed by atoms with Gasteiger partial charge in [-0.3, -0.25) is 4.79 Å². The highest BCUT2D eigenvalue weighted by Crippen LogP contribution is 2.25. The number of benzene rings is 2. The Morgan fingerprint density at radius 3 is 2.24 bits per heavy atom. The van der Waals surface area contributed by atoms with Gasteiger partial charge in [0.05, 0.1) is 11.8 Å². The molecule has 6 nitrogen and oxygen atoms in total. The first kappa shape index (κ1) is 34.6. The summed E-state index contributed by atoms with van der Waals surface area (Å²) < 4.78 is 20.2. The SMILES string of the molecule is CCCCCCCCCCCCS/C(=N/C(=Nc1ccc(OC(C)C)c(F)c1)N(C)Cc1ccc(Cl)cc1)NC=O. The van der Waals surface area contributed by atoms with Crippen LogP contribution >= 0.6 is 23.4 Å². The summed E-state index contributed by atoms with van der Waals surface area (Å²) in [5, 5.41) is 3.83. The quantitative estimate of drug-likeness (QED) is 0.0846. The lowest BCUT2D eigenvalue weighted by Crippen LogP contribution is -2.28. The van der Waals surface area contributed by atoms with Crippen molar-refractivity contribution in [3.05, 3.63) is 58.9 Å². The molecule has 0 aromatic heterocycles. The van der Waals surface area contributed by atoms with Crippen molar-refractivity contribution in [2.45, 2.75) is 97.6 Å². The number of amides is 1. The van der Waals surface area contributed by atoms with E-state index in [9.17, 15) is 9.18 Å². The number of carbonyl (C=O) groups is 1. The molecule has 0 unspecified atom stereocenters. The number of rotatable bonds is 17. The van der Waals surface area contributed by atoms with Crippen molar-refractivity contribution in [2.75, 3.05) is 12.8 Å².